The molecule has 0 aromatic carbocycles. The Balaban J connectivity index is 2.18. The molecular weight excluding hydrogens is 278 g/mol. The number of anilines is 1. The molecule has 110 valence electrons. The lowest BCUT2D eigenvalue weighted by Crippen LogP contribution is -2.37. The van der Waals surface area contributed by atoms with Gasteiger partial charge in [-0.2, -0.15) is 5.10 Å². The number of carbonyl (C=O) groups is 1. The van der Waals surface area contributed by atoms with Crippen molar-refractivity contribution in [2.45, 2.75) is 19.4 Å². The standard InChI is InChI=1S/C12H19N5O2S/c1-7-9(10(13)20)11(16(2)15-7)17-5-4-8(6-17)14-12(18)19-3/h8H,4-6H2,1-3H3,(H2,13,20)(H,14,18). The van der Waals surface area contributed by atoms with E-state index in [1.807, 2.05) is 14.0 Å². The van der Waals surface area contributed by atoms with Gasteiger partial charge in [-0.25, -0.2) is 4.79 Å². The maximum Gasteiger partial charge on any atom is 0.407 e. The highest BCUT2D eigenvalue weighted by atomic mass is 32.1. The predicted molar refractivity (Wildman–Crippen MR) is 80.0 cm³/mol. The Hall–Kier alpha value is -1.83. The second-order valence-corrected chi connectivity index (χ2v) is 5.28. The zero-order valence-electron chi connectivity index (χ0n) is 11.8. The molecule has 1 saturated heterocycles. The average Bonchev–Trinajstić information content (AvgIpc) is 2.93. The van der Waals surface area contributed by atoms with Gasteiger partial charge in [0.1, 0.15) is 10.8 Å². The van der Waals surface area contributed by atoms with Crippen molar-refractivity contribution in [3.8, 4) is 0 Å². The van der Waals surface area contributed by atoms with Crippen molar-refractivity contribution >= 4 is 29.1 Å². The number of nitrogens with two attached hydrogens (primary N) is 1. The third-order valence-corrected chi connectivity index (χ3v) is 3.64. The number of hydrogen-bond donors (Lipinski definition) is 2. The molecule has 2 heterocycles. The molecule has 20 heavy (non-hydrogen) atoms. The molecule has 1 aromatic rings. The summed E-state index contributed by atoms with van der Waals surface area (Å²) in [4.78, 5) is 13.7. The molecule has 1 aliphatic rings. The van der Waals surface area contributed by atoms with Crippen LogP contribution in [0, 0.1) is 6.92 Å². The Morgan fingerprint density at radius 3 is 2.90 bits per heavy atom. The highest BCUT2D eigenvalue weighted by Gasteiger charge is 2.29. The molecule has 1 amide bonds. The lowest BCUT2D eigenvalue weighted by molar-refractivity contribution is 0.167. The second kappa shape index (κ2) is 5.66. The smallest absolute Gasteiger partial charge is 0.407 e. The van der Waals surface area contributed by atoms with Crippen molar-refractivity contribution in [2.24, 2.45) is 12.8 Å². The Morgan fingerprint density at radius 1 is 1.60 bits per heavy atom. The number of methoxy groups -OCH3 is 1. The molecule has 0 radical (unpaired) electrons. The fraction of sp³-hybridized carbons (Fsp3) is 0.583. The van der Waals surface area contributed by atoms with E-state index in [2.05, 4.69) is 20.1 Å². The molecule has 0 bridgehead atoms. The number of carbonyl (C=O) groups excluding carboxylic acids is 1. The van der Waals surface area contributed by atoms with Crippen molar-refractivity contribution in [2.75, 3.05) is 25.1 Å². The number of ether oxygens (including phenoxy) is 1. The fourth-order valence-electron chi connectivity index (χ4n) is 2.59. The van der Waals surface area contributed by atoms with E-state index in [4.69, 9.17) is 18.0 Å². The number of alkyl carbamates (subject to hydrolysis) is 1. The van der Waals surface area contributed by atoms with E-state index in [-0.39, 0.29) is 6.04 Å². The molecule has 0 aliphatic carbocycles. The molecule has 2 rings (SSSR count). The van der Waals surface area contributed by atoms with Crippen LogP contribution in [0.3, 0.4) is 0 Å². The SMILES string of the molecule is COC(=O)NC1CCN(c2c(C(N)=S)c(C)nn2C)C1. The van der Waals surface area contributed by atoms with Gasteiger partial charge in [-0.1, -0.05) is 12.2 Å². The highest BCUT2D eigenvalue weighted by Crippen LogP contribution is 2.26. The maximum absolute atomic E-state index is 11.2. The third-order valence-electron chi connectivity index (χ3n) is 3.43. The summed E-state index contributed by atoms with van der Waals surface area (Å²) in [5.74, 6) is 0.907. The average molecular weight is 297 g/mol. The van der Waals surface area contributed by atoms with Crippen molar-refractivity contribution in [3.05, 3.63) is 11.3 Å². The number of aromatic nitrogens is 2. The van der Waals surface area contributed by atoms with Gasteiger partial charge in [0.25, 0.3) is 0 Å². The first-order valence-corrected chi connectivity index (χ1v) is 6.77. The predicted octanol–water partition coefficient (Wildman–Crippen LogP) is 0.297. The fourth-order valence-corrected chi connectivity index (χ4v) is 2.83. The summed E-state index contributed by atoms with van der Waals surface area (Å²) in [5, 5.41) is 7.18. The molecule has 1 fully saturated rings. The molecule has 8 heteroatoms. The lowest BCUT2D eigenvalue weighted by Gasteiger charge is -2.20. The molecule has 1 aliphatic heterocycles. The van der Waals surface area contributed by atoms with E-state index in [1.165, 1.54) is 7.11 Å². The zero-order chi connectivity index (χ0) is 14.9. The monoisotopic (exact) mass is 297 g/mol. The minimum absolute atomic E-state index is 0.0526. The Labute approximate surface area is 123 Å². The van der Waals surface area contributed by atoms with E-state index in [9.17, 15) is 4.79 Å². The van der Waals surface area contributed by atoms with Crippen molar-refractivity contribution < 1.29 is 9.53 Å². The molecule has 7 nitrogen and oxygen atoms in total. The number of rotatable bonds is 3. The van der Waals surface area contributed by atoms with E-state index < -0.39 is 6.09 Å². The first kappa shape index (κ1) is 14.6. The molecular formula is C12H19N5O2S. The van der Waals surface area contributed by atoms with Crippen LogP contribution in [0.5, 0.6) is 0 Å². The van der Waals surface area contributed by atoms with Gasteiger partial charge in [0.15, 0.2) is 0 Å². The Kier molecular flexibility index (Phi) is 4.12. The van der Waals surface area contributed by atoms with Gasteiger partial charge < -0.3 is 20.7 Å². The van der Waals surface area contributed by atoms with Gasteiger partial charge >= 0.3 is 6.09 Å². The van der Waals surface area contributed by atoms with Gasteiger partial charge in [-0.3, -0.25) is 4.68 Å². The molecule has 1 unspecified atom stereocenters. The Morgan fingerprint density at radius 2 is 2.30 bits per heavy atom. The van der Waals surface area contributed by atoms with E-state index >= 15 is 0 Å². The first-order valence-electron chi connectivity index (χ1n) is 6.36. The second-order valence-electron chi connectivity index (χ2n) is 4.84. The quantitative estimate of drug-likeness (QED) is 0.780. The minimum atomic E-state index is -0.410. The van der Waals surface area contributed by atoms with Crippen LogP contribution in [0.4, 0.5) is 10.6 Å². The zero-order valence-corrected chi connectivity index (χ0v) is 12.7. The number of nitrogens with zero attached hydrogens (tertiary/aromatic N) is 3. The largest absolute Gasteiger partial charge is 0.453 e. The molecule has 0 saturated carbocycles. The van der Waals surface area contributed by atoms with Crippen LogP contribution < -0.4 is 16.0 Å². The minimum Gasteiger partial charge on any atom is -0.453 e. The van der Waals surface area contributed by atoms with Crippen LogP contribution in [-0.2, 0) is 11.8 Å². The summed E-state index contributed by atoms with van der Waals surface area (Å²) < 4.78 is 6.40. The normalized spacial score (nSPS) is 18.1. The van der Waals surface area contributed by atoms with Crippen LogP contribution in [-0.4, -0.2) is 47.1 Å². The summed E-state index contributed by atoms with van der Waals surface area (Å²) >= 11 is 5.11. The number of nitrogens with one attached hydrogen (secondary N) is 1. The van der Waals surface area contributed by atoms with Gasteiger partial charge in [-0.05, 0) is 13.3 Å². The van der Waals surface area contributed by atoms with Gasteiger partial charge in [0, 0.05) is 20.1 Å². The number of aryl methyl sites for hydroxylation is 2. The van der Waals surface area contributed by atoms with Crippen LogP contribution in [0.1, 0.15) is 17.7 Å². The summed E-state index contributed by atoms with van der Waals surface area (Å²) in [6, 6.07) is 0.0526. The molecule has 1 atom stereocenters. The van der Waals surface area contributed by atoms with E-state index in [0.717, 1.165) is 30.0 Å². The highest BCUT2D eigenvalue weighted by molar-refractivity contribution is 7.80. The van der Waals surface area contributed by atoms with Crippen molar-refractivity contribution in [1.82, 2.24) is 15.1 Å². The van der Waals surface area contributed by atoms with Crippen LogP contribution in [0.25, 0.3) is 0 Å². The molecule has 0 spiro atoms. The lowest BCUT2D eigenvalue weighted by atomic mass is 10.2. The van der Waals surface area contributed by atoms with Gasteiger partial charge in [0.05, 0.1) is 24.4 Å². The van der Waals surface area contributed by atoms with Crippen LogP contribution in [0.2, 0.25) is 0 Å². The van der Waals surface area contributed by atoms with E-state index in [0.29, 0.717) is 11.5 Å². The molecule has 1 aromatic heterocycles. The topological polar surface area (TPSA) is 85.4 Å². The number of amides is 1. The van der Waals surface area contributed by atoms with Crippen LogP contribution >= 0.6 is 12.2 Å². The summed E-state index contributed by atoms with van der Waals surface area (Å²) in [7, 11) is 3.22. The summed E-state index contributed by atoms with van der Waals surface area (Å²) in [5.41, 5.74) is 7.42. The van der Waals surface area contributed by atoms with Gasteiger partial charge in [0.2, 0.25) is 0 Å². The van der Waals surface area contributed by atoms with Crippen LogP contribution in [0.15, 0.2) is 0 Å². The first-order chi connectivity index (χ1) is 9.43. The summed E-state index contributed by atoms with van der Waals surface area (Å²) in [6.45, 7) is 3.38. The Bertz CT molecular complexity index is 542. The van der Waals surface area contributed by atoms with Crippen molar-refractivity contribution in [3.63, 3.8) is 0 Å². The molecule has 3 N–H and O–H groups in total. The van der Waals surface area contributed by atoms with E-state index in [1.54, 1.807) is 4.68 Å². The third kappa shape index (κ3) is 2.69. The summed E-state index contributed by atoms with van der Waals surface area (Å²) in [6.07, 6.45) is 0.434. The van der Waals surface area contributed by atoms with Gasteiger partial charge in [-0.15, -0.1) is 0 Å². The maximum atomic E-state index is 11.2. The number of thiocarbonyl (C=S) groups is 1. The van der Waals surface area contributed by atoms with Crippen molar-refractivity contribution in [1.29, 1.82) is 0 Å². The number of hydrogen-bond acceptors (Lipinski definition) is 5.